The van der Waals surface area contributed by atoms with Crippen molar-refractivity contribution >= 4 is 33.4 Å². The number of hydrogen-bond acceptors (Lipinski definition) is 1. The first kappa shape index (κ1) is 12.5. The van der Waals surface area contributed by atoms with Gasteiger partial charge >= 0.3 is 0 Å². The smallest absolute Gasteiger partial charge is 0.253 e. The number of carbonyl (C=O) groups excluding carboxylic acids is 1. The van der Waals surface area contributed by atoms with Gasteiger partial charge in [0.05, 0.1) is 0 Å². The molecule has 1 aliphatic heterocycles. The van der Waals surface area contributed by atoms with Crippen LogP contribution in [0.5, 0.6) is 0 Å². The predicted octanol–water partition coefficient (Wildman–Crippen LogP) is 4.12. The lowest BCUT2D eigenvalue weighted by atomic mass is 9.93. The molecule has 0 aromatic heterocycles. The number of likely N-dealkylation sites (tertiary alicyclic amines) is 1. The molecule has 4 heteroatoms. The number of amides is 1. The molecule has 3 rings (SSSR count). The van der Waals surface area contributed by atoms with E-state index in [1.54, 1.807) is 12.1 Å². The minimum Gasteiger partial charge on any atom is -0.339 e. The third-order valence-electron chi connectivity index (χ3n) is 4.18. The van der Waals surface area contributed by atoms with Crippen molar-refractivity contribution in [1.82, 2.24) is 4.90 Å². The van der Waals surface area contributed by atoms with Crippen molar-refractivity contribution in [3.63, 3.8) is 0 Å². The fourth-order valence-electron chi connectivity index (χ4n) is 2.72. The Morgan fingerprint density at radius 3 is 2.39 bits per heavy atom. The maximum absolute atomic E-state index is 12.4. The minimum atomic E-state index is 0.105. The third kappa shape index (κ3) is 2.43. The van der Waals surface area contributed by atoms with Crippen molar-refractivity contribution in [2.24, 2.45) is 5.41 Å². The van der Waals surface area contributed by atoms with E-state index in [4.69, 9.17) is 11.6 Å². The van der Waals surface area contributed by atoms with Gasteiger partial charge in [-0.05, 0) is 49.3 Å². The third-order valence-corrected chi connectivity index (χ3v) is 4.85. The zero-order valence-corrected chi connectivity index (χ0v) is 12.4. The number of halogens is 2. The van der Waals surface area contributed by atoms with Crippen molar-refractivity contribution in [2.75, 3.05) is 13.1 Å². The van der Waals surface area contributed by atoms with Crippen molar-refractivity contribution in [3.8, 4) is 0 Å². The molecule has 2 nitrogen and oxygen atoms in total. The fourth-order valence-corrected chi connectivity index (χ4v) is 3.58. The molecule has 1 spiro atoms. The summed E-state index contributed by atoms with van der Waals surface area (Å²) in [5.74, 6) is 0.105. The Labute approximate surface area is 120 Å². The highest BCUT2D eigenvalue weighted by Gasteiger charge is 2.45. The fraction of sp³-hybridized carbons (Fsp3) is 0.500. The SMILES string of the molecule is O=C(c1cc(Cl)cc(Br)c1)N1CCC2(CC1)CC2. The van der Waals surface area contributed by atoms with E-state index in [0.717, 1.165) is 17.6 Å². The molecule has 18 heavy (non-hydrogen) atoms. The van der Waals surface area contributed by atoms with Gasteiger partial charge in [-0.1, -0.05) is 27.5 Å². The summed E-state index contributed by atoms with van der Waals surface area (Å²) in [6.45, 7) is 1.78. The van der Waals surface area contributed by atoms with Crippen LogP contribution in [-0.2, 0) is 0 Å². The standard InChI is InChI=1S/C14H15BrClNO/c15-11-7-10(8-12(16)9-11)13(18)17-5-3-14(1-2-14)4-6-17/h7-9H,1-6H2. The number of nitrogens with zero attached hydrogens (tertiary/aromatic N) is 1. The second-order valence-corrected chi connectivity index (χ2v) is 6.80. The first-order valence-corrected chi connectivity index (χ1v) is 7.51. The van der Waals surface area contributed by atoms with Crippen LogP contribution in [0.2, 0.25) is 5.02 Å². The van der Waals surface area contributed by atoms with Crippen LogP contribution in [0.15, 0.2) is 22.7 Å². The molecular weight excluding hydrogens is 314 g/mol. The second kappa shape index (κ2) is 4.53. The molecule has 2 fully saturated rings. The molecule has 1 aliphatic carbocycles. The molecule has 2 aliphatic rings. The maximum Gasteiger partial charge on any atom is 0.253 e. The van der Waals surface area contributed by atoms with Gasteiger partial charge in [-0.15, -0.1) is 0 Å². The quantitative estimate of drug-likeness (QED) is 0.759. The molecular formula is C14H15BrClNO. The lowest BCUT2D eigenvalue weighted by Gasteiger charge is -2.32. The van der Waals surface area contributed by atoms with Gasteiger partial charge in [-0.25, -0.2) is 0 Å². The molecule has 0 unspecified atom stereocenters. The Bertz CT molecular complexity index is 468. The molecule has 0 radical (unpaired) electrons. The summed E-state index contributed by atoms with van der Waals surface area (Å²) in [4.78, 5) is 14.3. The number of rotatable bonds is 1. The van der Waals surface area contributed by atoms with E-state index >= 15 is 0 Å². The highest BCUT2D eigenvalue weighted by atomic mass is 79.9. The zero-order chi connectivity index (χ0) is 12.8. The van der Waals surface area contributed by atoms with Crippen LogP contribution in [0.25, 0.3) is 0 Å². The van der Waals surface area contributed by atoms with Gasteiger partial charge in [0.2, 0.25) is 0 Å². The van der Waals surface area contributed by atoms with E-state index < -0.39 is 0 Å². The molecule has 1 saturated heterocycles. The molecule has 0 atom stereocenters. The highest BCUT2D eigenvalue weighted by Crippen LogP contribution is 2.53. The van der Waals surface area contributed by atoms with Crippen LogP contribution in [0.1, 0.15) is 36.0 Å². The predicted molar refractivity (Wildman–Crippen MR) is 76.0 cm³/mol. The topological polar surface area (TPSA) is 20.3 Å². The van der Waals surface area contributed by atoms with E-state index in [9.17, 15) is 4.79 Å². The van der Waals surface area contributed by atoms with Gasteiger partial charge in [0.1, 0.15) is 0 Å². The molecule has 96 valence electrons. The average Bonchev–Trinajstić information content (AvgIpc) is 3.08. The molecule has 1 saturated carbocycles. The van der Waals surface area contributed by atoms with Crippen LogP contribution in [0.3, 0.4) is 0 Å². The van der Waals surface area contributed by atoms with Crippen LogP contribution < -0.4 is 0 Å². The Hall–Kier alpha value is -0.540. The summed E-state index contributed by atoms with van der Waals surface area (Å²) in [5, 5.41) is 0.600. The lowest BCUT2D eigenvalue weighted by Crippen LogP contribution is -2.39. The molecule has 0 N–H and O–H groups in total. The number of piperidine rings is 1. The Kier molecular flexibility index (Phi) is 3.15. The normalized spacial score (nSPS) is 21.1. The van der Waals surface area contributed by atoms with Crippen molar-refractivity contribution in [2.45, 2.75) is 25.7 Å². The van der Waals surface area contributed by atoms with Crippen molar-refractivity contribution in [1.29, 1.82) is 0 Å². The molecule has 1 heterocycles. The van der Waals surface area contributed by atoms with Gasteiger partial charge in [0.25, 0.3) is 5.91 Å². The summed E-state index contributed by atoms with van der Waals surface area (Å²) in [6, 6.07) is 5.39. The average molecular weight is 329 g/mol. The van der Waals surface area contributed by atoms with Crippen molar-refractivity contribution < 1.29 is 4.79 Å². The first-order chi connectivity index (χ1) is 8.58. The Morgan fingerprint density at radius 1 is 1.17 bits per heavy atom. The van der Waals surface area contributed by atoms with E-state index in [2.05, 4.69) is 15.9 Å². The number of carbonyl (C=O) groups is 1. The van der Waals surface area contributed by atoms with E-state index in [1.807, 2.05) is 11.0 Å². The number of benzene rings is 1. The van der Waals surface area contributed by atoms with E-state index in [1.165, 1.54) is 25.7 Å². The van der Waals surface area contributed by atoms with Gasteiger partial charge in [0, 0.05) is 28.1 Å². The largest absolute Gasteiger partial charge is 0.339 e. The first-order valence-electron chi connectivity index (χ1n) is 6.33. The van der Waals surface area contributed by atoms with Crippen LogP contribution in [0, 0.1) is 5.41 Å². The summed E-state index contributed by atoms with van der Waals surface area (Å²) in [7, 11) is 0. The van der Waals surface area contributed by atoms with Crippen LogP contribution in [-0.4, -0.2) is 23.9 Å². The molecule has 1 aromatic carbocycles. The Balaban J connectivity index is 1.74. The van der Waals surface area contributed by atoms with Crippen LogP contribution in [0.4, 0.5) is 0 Å². The second-order valence-electron chi connectivity index (χ2n) is 5.45. The summed E-state index contributed by atoms with van der Waals surface area (Å²) >= 11 is 9.37. The van der Waals surface area contributed by atoms with Gasteiger partial charge in [-0.2, -0.15) is 0 Å². The van der Waals surface area contributed by atoms with Crippen molar-refractivity contribution in [3.05, 3.63) is 33.3 Å². The van der Waals surface area contributed by atoms with Gasteiger partial charge in [0.15, 0.2) is 0 Å². The summed E-state index contributed by atoms with van der Waals surface area (Å²) < 4.78 is 0.856. The zero-order valence-electron chi connectivity index (χ0n) is 10.1. The number of hydrogen-bond donors (Lipinski definition) is 0. The minimum absolute atomic E-state index is 0.105. The summed E-state index contributed by atoms with van der Waals surface area (Å²) in [6.07, 6.45) is 5.05. The Morgan fingerprint density at radius 2 is 1.83 bits per heavy atom. The summed E-state index contributed by atoms with van der Waals surface area (Å²) in [5.41, 5.74) is 1.28. The molecule has 1 aromatic rings. The van der Waals surface area contributed by atoms with E-state index in [-0.39, 0.29) is 5.91 Å². The monoisotopic (exact) mass is 327 g/mol. The maximum atomic E-state index is 12.4. The van der Waals surface area contributed by atoms with Gasteiger partial charge < -0.3 is 4.90 Å². The van der Waals surface area contributed by atoms with Gasteiger partial charge in [-0.3, -0.25) is 4.79 Å². The van der Waals surface area contributed by atoms with E-state index in [0.29, 0.717) is 16.0 Å². The highest BCUT2D eigenvalue weighted by molar-refractivity contribution is 9.10. The molecule has 1 amide bonds. The lowest BCUT2D eigenvalue weighted by molar-refractivity contribution is 0.0678. The van der Waals surface area contributed by atoms with Crippen LogP contribution >= 0.6 is 27.5 Å². The molecule has 0 bridgehead atoms.